The molecule has 10 nitrogen and oxygen atoms in total. The predicted octanol–water partition coefficient (Wildman–Crippen LogP) is 2.53. The number of hydrogen-bond donors (Lipinski definition) is 1. The number of amides is 2. The molecule has 0 spiro atoms. The second-order valence-electron chi connectivity index (χ2n) is 7.15. The summed E-state index contributed by atoms with van der Waals surface area (Å²) in [5.74, 6) is -0.897. The molecule has 1 N–H and O–H groups in total. The first-order chi connectivity index (χ1) is 15.8. The highest BCUT2D eigenvalue weighted by molar-refractivity contribution is 6.09. The molecule has 0 bridgehead atoms. The van der Waals surface area contributed by atoms with Crippen LogP contribution in [-0.2, 0) is 11.3 Å². The number of rotatable bonds is 7. The van der Waals surface area contributed by atoms with E-state index in [1.54, 1.807) is 32.4 Å². The molecule has 1 aromatic carbocycles. The van der Waals surface area contributed by atoms with E-state index in [2.05, 4.69) is 25.2 Å². The van der Waals surface area contributed by atoms with Gasteiger partial charge in [-0.25, -0.2) is 9.50 Å². The molecule has 0 saturated heterocycles. The molecule has 170 valence electrons. The van der Waals surface area contributed by atoms with Crippen molar-refractivity contribution in [3.8, 4) is 17.0 Å². The second kappa shape index (κ2) is 9.02. The van der Waals surface area contributed by atoms with Crippen molar-refractivity contribution < 1.29 is 23.1 Å². The van der Waals surface area contributed by atoms with Gasteiger partial charge >= 0.3 is 6.61 Å². The van der Waals surface area contributed by atoms with E-state index in [1.165, 1.54) is 50.9 Å². The quantitative estimate of drug-likeness (QED) is 0.459. The maximum Gasteiger partial charge on any atom is 0.387 e. The number of benzene rings is 1. The lowest BCUT2D eigenvalue weighted by atomic mass is 10.1. The predicted molar refractivity (Wildman–Crippen MR) is 114 cm³/mol. The van der Waals surface area contributed by atoms with Crippen molar-refractivity contribution in [2.75, 3.05) is 19.4 Å². The van der Waals surface area contributed by atoms with Gasteiger partial charge in [-0.15, -0.1) is 0 Å². The molecule has 4 aromatic rings. The number of nitrogens with zero attached hydrogens (tertiary/aromatic N) is 6. The smallest absolute Gasteiger partial charge is 0.387 e. The Kier molecular flexibility index (Phi) is 5.98. The van der Waals surface area contributed by atoms with Gasteiger partial charge in [0.05, 0.1) is 11.9 Å². The first kappa shape index (κ1) is 21.9. The summed E-state index contributed by atoms with van der Waals surface area (Å²) >= 11 is 0. The Morgan fingerprint density at radius 1 is 1.21 bits per heavy atom. The van der Waals surface area contributed by atoms with Gasteiger partial charge in [-0.3, -0.25) is 14.3 Å². The third kappa shape index (κ3) is 4.63. The number of para-hydroxylation sites is 1. The maximum atomic E-state index is 13.0. The molecule has 0 fully saturated rings. The van der Waals surface area contributed by atoms with E-state index in [9.17, 15) is 18.4 Å². The van der Waals surface area contributed by atoms with Crippen LogP contribution in [0.5, 0.6) is 5.75 Å². The summed E-state index contributed by atoms with van der Waals surface area (Å²) in [5.41, 5.74) is 1.13. The lowest BCUT2D eigenvalue weighted by molar-refractivity contribution is -0.129. The van der Waals surface area contributed by atoms with E-state index in [4.69, 9.17) is 0 Å². The van der Waals surface area contributed by atoms with Crippen LogP contribution < -0.4 is 10.1 Å². The molecule has 0 aliphatic heterocycles. The van der Waals surface area contributed by atoms with E-state index in [0.29, 0.717) is 5.65 Å². The number of anilines is 1. The Balaban J connectivity index is 1.74. The number of aromatic nitrogens is 5. The van der Waals surface area contributed by atoms with E-state index in [0.717, 1.165) is 0 Å². The van der Waals surface area contributed by atoms with E-state index in [1.807, 2.05) is 0 Å². The maximum absolute atomic E-state index is 13.0. The number of alkyl halides is 2. The van der Waals surface area contributed by atoms with Gasteiger partial charge in [0.15, 0.2) is 5.65 Å². The van der Waals surface area contributed by atoms with Crippen LogP contribution in [0, 0.1) is 0 Å². The Morgan fingerprint density at radius 2 is 2.00 bits per heavy atom. The first-order valence-corrected chi connectivity index (χ1v) is 9.75. The van der Waals surface area contributed by atoms with Crippen LogP contribution in [0.3, 0.4) is 0 Å². The Morgan fingerprint density at radius 3 is 2.76 bits per heavy atom. The summed E-state index contributed by atoms with van der Waals surface area (Å²) in [5, 5.41) is 11.2. The van der Waals surface area contributed by atoms with E-state index >= 15 is 0 Å². The second-order valence-corrected chi connectivity index (χ2v) is 7.15. The minimum Gasteiger partial charge on any atom is -0.434 e. The molecule has 2 amide bonds. The van der Waals surface area contributed by atoms with Crippen LogP contribution in [0.25, 0.3) is 16.9 Å². The molecule has 33 heavy (non-hydrogen) atoms. The highest BCUT2D eigenvalue weighted by Crippen LogP contribution is 2.35. The third-order valence-corrected chi connectivity index (χ3v) is 4.69. The van der Waals surface area contributed by atoms with Crippen LogP contribution in [0.1, 0.15) is 10.4 Å². The fraction of sp³-hybridized carbons (Fsp3) is 0.190. The van der Waals surface area contributed by atoms with Gasteiger partial charge < -0.3 is 15.0 Å². The van der Waals surface area contributed by atoms with Crippen molar-refractivity contribution in [1.82, 2.24) is 29.3 Å². The fourth-order valence-electron chi connectivity index (χ4n) is 3.11. The SMILES string of the molecule is CN(C)C(=O)Cn1cc(NC(=O)c2cnn3cccnc23)c(-c2ccccc2OC(F)F)n1. The highest BCUT2D eigenvalue weighted by atomic mass is 19.3. The molecule has 0 unspecified atom stereocenters. The zero-order valence-corrected chi connectivity index (χ0v) is 17.6. The Labute approximate surface area is 186 Å². The van der Waals surface area contributed by atoms with Gasteiger partial charge in [-0.05, 0) is 18.2 Å². The summed E-state index contributed by atoms with van der Waals surface area (Å²) in [7, 11) is 3.19. The molecule has 0 aliphatic carbocycles. The lowest BCUT2D eigenvalue weighted by Gasteiger charge is -2.11. The summed E-state index contributed by atoms with van der Waals surface area (Å²) < 4.78 is 33.3. The monoisotopic (exact) mass is 455 g/mol. The fourth-order valence-corrected chi connectivity index (χ4v) is 3.11. The molecule has 0 aliphatic rings. The molecular weight excluding hydrogens is 436 g/mol. The van der Waals surface area contributed by atoms with Crippen molar-refractivity contribution >= 4 is 23.1 Å². The van der Waals surface area contributed by atoms with Crippen molar-refractivity contribution in [3.63, 3.8) is 0 Å². The zero-order chi connectivity index (χ0) is 23.5. The van der Waals surface area contributed by atoms with Crippen LogP contribution in [0.2, 0.25) is 0 Å². The molecule has 3 aromatic heterocycles. The first-order valence-electron chi connectivity index (χ1n) is 9.75. The van der Waals surface area contributed by atoms with Crippen LogP contribution in [0.4, 0.5) is 14.5 Å². The summed E-state index contributed by atoms with van der Waals surface area (Å²) in [6.07, 6.45) is 5.99. The summed E-state index contributed by atoms with van der Waals surface area (Å²) in [4.78, 5) is 30.7. The largest absolute Gasteiger partial charge is 0.434 e. The van der Waals surface area contributed by atoms with Gasteiger partial charge in [-0.2, -0.15) is 19.0 Å². The van der Waals surface area contributed by atoms with Crippen molar-refractivity contribution in [1.29, 1.82) is 0 Å². The highest BCUT2D eigenvalue weighted by Gasteiger charge is 2.22. The van der Waals surface area contributed by atoms with Gasteiger partial charge in [0.25, 0.3) is 5.91 Å². The topological polar surface area (TPSA) is 107 Å². The van der Waals surface area contributed by atoms with Gasteiger partial charge in [0, 0.05) is 38.2 Å². The number of likely N-dealkylation sites (N-methyl/N-ethyl adjacent to an activating group) is 1. The molecule has 3 heterocycles. The molecule has 0 saturated carbocycles. The molecule has 12 heteroatoms. The Bertz CT molecular complexity index is 1320. The molecule has 4 rings (SSSR count). The van der Waals surface area contributed by atoms with E-state index in [-0.39, 0.29) is 40.7 Å². The van der Waals surface area contributed by atoms with Gasteiger partial charge in [0.2, 0.25) is 5.91 Å². The normalized spacial score (nSPS) is 11.1. The number of carbonyl (C=O) groups excluding carboxylic acids is 2. The molecule has 0 atom stereocenters. The van der Waals surface area contributed by atoms with Crippen molar-refractivity contribution in [2.45, 2.75) is 13.2 Å². The summed E-state index contributed by atoms with van der Waals surface area (Å²) in [6.45, 7) is -3.17. The number of halogens is 2. The summed E-state index contributed by atoms with van der Waals surface area (Å²) in [6, 6.07) is 7.73. The van der Waals surface area contributed by atoms with E-state index < -0.39 is 12.5 Å². The minimum atomic E-state index is -3.05. The Hall–Kier alpha value is -4.35. The van der Waals surface area contributed by atoms with Gasteiger partial charge in [-0.1, -0.05) is 12.1 Å². The third-order valence-electron chi connectivity index (χ3n) is 4.69. The van der Waals surface area contributed by atoms with Crippen LogP contribution >= 0.6 is 0 Å². The van der Waals surface area contributed by atoms with Crippen molar-refractivity contribution in [2.24, 2.45) is 0 Å². The van der Waals surface area contributed by atoms with Gasteiger partial charge in [0.1, 0.15) is 23.6 Å². The molecule has 0 radical (unpaired) electrons. The number of carbonyl (C=O) groups is 2. The lowest BCUT2D eigenvalue weighted by Crippen LogP contribution is -2.26. The average molecular weight is 455 g/mol. The van der Waals surface area contributed by atoms with Crippen LogP contribution in [0.15, 0.2) is 55.1 Å². The zero-order valence-electron chi connectivity index (χ0n) is 17.6. The standard InChI is InChI=1S/C21H19F2N7O3/c1-28(2)17(31)12-29-11-15(18(27-29)13-6-3-4-7-16(13)33-21(22)23)26-20(32)14-10-25-30-9-5-8-24-19(14)30/h3-11,21H,12H2,1-2H3,(H,26,32). The number of nitrogens with one attached hydrogen (secondary N) is 1. The van der Waals surface area contributed by atoms with Crippen molar-refractivity contribution in [3.05, 3.63) is 60.7 Å². The number of hydrogen-bond acceptors (Lipinski definition) is 6. The number of ether oxygens (including phenoxy) is 1. The van der Waals surface area contributed by atoms with Crippen LogP contribution in [-0.4, -0.2) is 61.8 Å². The average Bonchev–Trinajstić information content (AvgIpc) is 3.37. The molecular formula is C21H19F2N7O3. The minimum absolute atomic E-state index is 0.119. The number of fused-ring (bicyclic) bond motifs is 1.